The molecule has 2 saturated carbocycles. The molecule has 1 atom stereocenters. The van der Waals surface area contributed by atoms with Crippen molar-refractivity contribution in [2.75, 3.05) is 19.6 Å². The highest BCUT2D eigenvalue weighted by Gasteiger charge is 2.57. The smallest absolute Gasteiger partial charge is 0.223 e. The third-order valence-electron chi connectivity index (χ3n) is 5.57. The number of nitrogens with two attached hydrogens (primary N) is 1. The van der Waals surface area contributed by atoms with E-state index in [0.29, 0.717) is 12.0 Å². The summed E-state index contributed by atoms with van der Waals surface area (Å²) in [5, 5.41) is 6.52. The van der Waals surface area contributed by atoms with Crippen molar-refractivity contribution in [1.29, 1.82) is 0 Å². The second-order valence-corrected chi connectivity index (χ2v) is 7.01. The lowest BCUT2D eigenvalue weighted by Crippen LogP contribution is -2.51. The lowest BCUT2D eigenvalue weighted by atomic mass is 9.82. The predicted octanol–water partition coefficient (Wildman–Crippen LogP) is 1.15. The molecule has 1 aliphatic heterocycles. The van der Waals surface area contributed by atoms with Crippen LogP contribution in [0.2, 0.25) is 0 Å². The number of amides is 1. The Balaban J connectivity index is 1.47. The van der Waals surface area contributed by atoms with Gasteiger partial charge in [0.2, 0.25) is 5.91 Å². The van der Waals surface area contributed by atoms with Gasteiger partial charge in [0.1, 0.15) is 0 Å². The van der Waals surface area contributed by atoms with Crippen molar-refractivity contribution >= 4 is 5.91 Å². The summed E-state index contributed by atoms with van der Waals surface area (Å²) < 4.78 is 0. The van der Waals surface area contributed by atoms with Crippen molar-refractivity contribution in [3.8, 4) is 0 Å². The number of piperidine rings is 1. The van der Waals surface area contributed by atoms with E-state index in [9.17, 15) is 4.79 Å². The summed E-state index contributed by atoms with van der Waals surface area (Å²) in [6, 6.07) is 0. The highest BCUT2D eigenvalue weighted by Crippen LogP contribution is 2.58. The van der Waals surface area contributed by atoms with E-state index in [1.165, 1.54) is 32.1 Å². The van der Waals surface area contributed by atoms with E-state index in [1.54, 1.807) is 0 Å². The van der Waals surface area contributed by atoms with Gasteiger partial charge in [0, 0.05) is 18.0 Å². The number of nitrogens with one attached hydrogen (secondary N) is 2. The minimum Gasteiger partial charge on any atom is -0.354 e. The number of carbonyl (C=O) groups excluding carboxylic acids is 1. The van der Waals surface area contributed by atoms with Crippen LogP contribution in [-0.4, -0.2) is 31.1 Å². The third kappa shape index (κ3) is 2.79. The molecule has 1 heterocycles. The van der Waals surface area contributed by atoms with Gasteiger partial charge >= 0.3 is 0 Å². The Labute approximate surface area is 115 Å². The summed E-state index contributed by atoms with van der Waals surface area (Å²) in [6.07, 6.45) is 9.28. The molecule has 4 N–H and O–H groups in total. The lowest BCUT2D eigenvalue weighted by Gasteiger charge is -2.33. The molecule has 2 aliphatic carbocycles. The normalized spacial score (nSPS) is 31.9. The van der Waals surface area contributed by atoms with E-state index < -0.39 is 0 Å². The van der Waals surface area contributed by atoms with Gasteiger partial charge in [-0.05, 0) is 50.6 Å². The SMILES string of the molecule is NC1(CNC(=O)C2CC23CCNCC3)CCCCC1. The molecule has 3 rings (SSSR count). The summed E-state index contributed by atoms with van der Waals surface area (Å²) in [5.41, 5.74) is 6.58. The van der Waals surface area contributed by atoms with Crippen molar-refractivity contribution in [1.82, 2.24) is 10.6 Å². The van der Waals surface area contributed by atoms with Gasteiger partial charge < -0.3 is 16.4 Å². The molecule has 3 fully saturated rings. The fraction of sp³-hybridized carbons (Fsp3) is 0.933. The first-order valence-corrected chi connectivity index (χ1v) is 7.91. The first-order valence-electron chi connectivity index (χ1n) is 7.91. The molecule has 19 heavy (non-hydrogen) atoms. The average molecular weight is 265 g/mol. The number of hydrogen-bond acceptors (Lipinski definition) is 3. The highest BCUT2D eigenvalue weighted by molar-refractivity contribution is 5.82. The minimum absolute atomic E-state index is 0.135. The molecule has 3 aliphatic rings. The molecule has 4 nitrogen and oxygen atoms in total. The number of hydrogen-bond donors (Lipinski definition) is 3. The van der Waals surface area contributed by atoms with E-state index in [0.717, 1.165) is 32.4 Å². The maximum Gasteiger partial charge on any atom is 0.223 e. The first-order chi connectivity index (χ1) is 9.14. The highest BCUT2D eigenvalue weighted by atomic mass is 16.2. The fourth-order valence-electron chi connectivity index (χ4n) is 4.01. The van der Waals surface area contributed by atoms with Crippen LogP contribution in [0.25, 0.3) is 0 Å². The van der Waals surface area contributed by atoms with Crippen molar-refractivity contribution in [2.45, 2.75) is 56.9 Å². The van der Waals surface area contributed by atoms with E-state index in [2.05, 4.69) is 10.6 Å². The standard InChI is InChI=1S/C15H27N3O/c16-15(4-2-1-3-5-15)11-18-13(19)12-10-14(12)6-8-17-9-7-14/h12,17H,1-11,16H2,(H,18,19). The Morgan fingerprint density at radius 1 is 1.16 bits per heavy atom. The molecule has 0 aromatic carbocycles. The first kappa shape index (κ1) is 13.4. The molecule has 1 spiro atoms. The van der Waals surface area contributed by atoms with Gasteiger partial charge in [0.15, 0.2) is 0 Å². The summed E-state index contributed by atoms with van der Waals surface area (Å²) in [6.45, 7) is 2.83. The minimum atomic E-state index is -0.135. The van der Waals surface area contributed by atoms with Crippen molar-refractivity contribution < 1.29 is 4.79 Å². The average Bonchev–Trinajstić information content (AvgIpc) is 3.11. The second kappa shape index (κ2) is 5.06. The van der Waals surface area contributed by atoms with Crippen LogP contribution in [0.4, 0.5) is 0 Å². The molecule has 1 amide bonds. The molecule has 4 heteroatoms. The Kier molecular flexibility index (Phi) is 3.56. The van der Waals surface area contributed by atoms with Crippen molar-refractivity contribution in [3.05, 3.63) is 0 Å². The van der Waals surface area contributed by atoms with Crippen LogP contribution in [0.3, 0.4) is 0 Å². The van der Waals surface area contributed by atoms with Crippen LogP contribution < -0.4 is 16.4 Å². The Morgan fingerprint density at radius 3 is 2.53 bits per heavy atom. The Bertz CT molecular complexity index is 343. The molecular weight excluding hydrogens is 238 g/mol. The summed E-state index contributed by atoms with van der Waals surface area (Å²) in [4.78, 5) is 12.3. The molecule has 0 bridgehead atoms. The number of carbonyl (C=O) groups is 1. The molecular formula is C15H27N3O. The lowest BCUT2D eigenvalue weighted by molar-refractivity contribution is -0.123. The Hall–Kier alpha value is -0.610. The zero-order chi connectivity index (χ0) is 13.3. The van der Waals surface area contributed by atoms with Gasteiger partial charge in [-0.15, -0.1) is 0 Å². The third-order valence-corrected chi connectivity index (χ3v) is 5.57. The summed E-state index contributed by atoms with van der Waals surface area (Å²) in [7, 11) is 0. The van der Waals surface area contributed by atoms with E-state index >= 15 is 0 Å². The van der Waals surface area contributed by atoms with E-state index in [-0.39, 0.29) is 17.4 Å². The fourth-order valence-corrected chi connectivity index (χ4v) is 4.01. The van der Waals surface area contributed by atoms with E-state index in [1.807, 2.05) is 0 Å². The monoisotopic (exact) mass is 265 g/mol. The zero-order valence-corrected chi connectivity index (χ0v) is 11.8. The summed E-state index contributed by atoms with van der Waals surface area (Å²) in [5.74, 6) is 0.527. The quantitative estimate of drug-likeness (QED) is 0.717. The van der Waals surface area contributed by atoms with Gasteiger partial charge in [0.05, 0.1) is 0 Å². The Morgan fingerprint density at radius 2 is 1.84 bits per heavy atom. The maximum absolute atomic E-state index is 12.3. The van der Waals surface area contributed by atoms with Crippen molar-refractivity contribution in [2.24, 2.45) is 17.1 Å². The van der Waals surface area contributed by atoms with Gasteiger partial charge in [-0.2, -0.15) is 0 Å². The topological polar surface area (TPSA) is 67.1 Å². The molecule has 0 aromatic heterocycles. The van der Waals surface area contributed by atoms with Crippen LogP contribution in [0, 0.1) is 11.3 Å². The van der Waals surface area contributed by atoms with Gasteiger partial charge in [-0.3, -0.25) is 4.79 Å². The van der Waals surface area contributed by atoms with Crippen LogP contribution in [0.1, 0.15) is 51.4 Å². The molecule has 1 unspecified atom stereocenters. The van der Waals surface area contributed by atoms with Crippen LogP contribution in [-0.2, 0) is 4.79 Å². The van der Waals surface area contributed by atoms with Crippen LogP contribution >= 0.6 is 0 Å². The molecule has 0 aromatic rings. The molecule has 0 radical (unpaired) electrons. The largest absolute Gasteiger partial charge is 0.354 e. The molecule has 1 saturated heterocycles. The number of rotatable bonds is 3. The van der Waals surface area contributed by atoms with Gasteiger partial charge in [-0.1, -0.05) is 19.3 Å². The second-order valence-electron chi connectivity index (χ2n) is 7.01. The zero-order valence-electron chi connectivity index (χ0n) is 11.8. The van der Waals surface area contributed by atoms with Crippen LogP contribution in [0.5, 0.6) is 0 Å². The predicted molar refractivity (Wildman–Crippen MR) is 75.7 cm³/mol. The van der Waals surface area contributed by atoms with Gasteiger partial charge in [-0.25, -0.2) is 0 Å². The maximum atomic E-state index is 12.3. The van der Waals surface area contributed by atoms with Gasteiger partial charge in [0.25, 0.3) is 0 Å². The van der Waals surface area contributed by atoms with E-state index in [4.69, 9.17) is 5.73 Å². The summed E-state index contributed by atoms with van der Waals surface area (Å²) >= 11 is 0. The van der Waals surface area contributed by atoms with Crippen molar-refractivity contribution in [3.63, 3.8) is 0 Å². The van der Waals surface area contributed by atoms with Crippen LogP contribution in [0.15, 0.2) is 0 Å². The molecule has 108 valence electrons.